The molecule has 1 unspecified atom stereocenters. The molecule has 1 aliphatic rings. The Morgan fingerprint density at radius 3 is 2.40 bits per heavy atom. The zero-order valence-electron chi connectivity index (χ0n) is 12.9. The van der Waals surface area contributed by atoms with E-state index in [2.05, 4.69) is 24.4 Å². The first-order valence-electron chi connectivity index (χ1n) is 7.80. The zero-order chi connectivity index (χ0) is 14.4. The third-order valence-electron chi connectivity index (χ3n) is 3.66. The molecule has 20 heavy (non-hydrogen) atoms. The monoisotopic (exact) mass is 277 g/mol. The summed E-state index contributed by atoms with van der Waals surface area (Å²) in [5, 5.41) is 3.50. The predicted octanol–water partition coefficient (Wildman–Crippen LogP) is 3.69. The molecule has 0 saturated heterocycles. The topological polar surface area (TPSA) is 30.5 Å². The highest BCUT2D eigenvalue weighted by atomic mass is 16.5. The maximum Gasteiger partial charge on any atom is 0.119 e. The first kappa shape index (κ1) is 15.3. The summed E-state index contributed by atoms with van der Waals surface area (Å²) in [4.78, 5) is 0. The van der Waals surface area contributed by atoms with Crippen molar-refractivity contribution in [3.8, 4) is 5.75 Å². The molecule has 0 aliphatic heterocycles. The molecule has 1 atom stereocenters. The van der Waals surface area contributed by atoms with Gasteiger partial charge in [0, 0.05) is 0 Å². The Labute approximate surface area is 122 Å². The summed E-state index contributed by atoms with van der Waals surface area (Å²) < 4.78 is 11.6. The lowest BCUT2D eigenvalue weighted by molar-refractivity contribution is -0.00861. The standard InChI is InChI=1S/C17H27NO2/c1-4-18-17(12-19-15-6-5-7-15)14-8-10-16(11-9-14)20-13(2)3/h8-11,13,15,17-18H,4-7,12H2,1-3H3. The maximum absolute atomic E-state index is 5.95. The molecule has 3 heteroatoms. The highest BCUT2D eigenvalue weighted by Crippen LogP contribution is 2.25. The second kappa shape index (κ2) is 7.65. The van der Waals surface area contributed by atoms with Gasteiger partial charge in [0.05, 0.1) is 24.9 Å². The van der Waals surface area contributed by atoms with Crippen molar-refractivity contribution in [2.45, 2.75) is 58.3 Å². The lowest BCUT2D eigenvalue weighted by Crippen LogP contribution is -2.30. The molecular weight excluding hydrogens is 250 g/mol. The van der Waals surface area contributed by atoms with Crippen molar-refractivity contribution in [3.63, 3.8) is 0 Å². The largest absolute Gasteiger partial charge is 0.491 e. The fourth-order valence-electron chi connectivity index (χ4n) is 2.34. The van der Waals surface area contributed by atoms with E-state index in [1.807, 2.05) is 26.0 Å². The van der Waals surface area contributed by atoms with Gasteiger partial charge in [0.15, 0.2) is 0 Å². The van der Waals surface area contributed by atoms with Gasteiger partial charge in [-0.3, -0.25) is 0 Å². The third kappa shape index (κ3) is 4.50. The third-order valence-corrected chi connectivity index (χ3v) is 3.66. The first-order valence-corrected chi connectivity index (χ1v) is 7.80. The van der Waals surface area contributed by atoms with E-state index >= 15 is 0 Å². The van der Waals surface area contributed by atoms with Gasteiger partial charge in [-0.2, -0.15) is 0 Å². The molecule has 1 aromatic carbocycles. The number of nitrogens with one attached hydrogen (secondary N) is 1. The van der Waals surface area contributed by atoms with E-state index in [1.165, 1.54) is 24.8 Å². The van der Waals surface area contributed by atoms with Crippen LogP contribution in [0.15, 0.2) is 24.3 Å². The van der Waals surface area contributed by atoms with Crippen LogP contribution in [-0.4, -0.2) is 25.4 Å². The molecule has 1 fully saturated rings. The van der Waals surface area contributed by atoms with Crippen LogP contribution in [0, 0.1) is 0 Å². The molecule has 1 N–H and O–H groups in total. The molecule has 1 aliphatic carbocycles. The average molecular weight is 277 g/mol. The van der Waals surface area contributed by atoms with E-state index in [4.69, 9.17) is 9.47 Å². The van der Waals surface area contributed by atoms with E-state index in [1.54, 1.807) is 0 Å². The van der Waals surface area contributed by atoms with E-state index in [-0.39, 0.29) is 12.1 Å². The van der Waals surface area contributed by atoms with Gasteiger partial charge in [-0.15, -0.1) is 0 Å². The van der Waals surface area contributed by atoms with E-state index in [0.717, 1.165) is 18.9 Å². The molecule has 0 spiro atoms. The molecule has 0 amide bonds. The summed E-state index contributed by atoms with van der Waals surface area (Å²) in [6, 6.07) is 8.63. The number of rotatable bonds is 8. The van der Waals surface area contributed by atoms with Gasteiger partial charge >= 0.3 is 0 Å². The summed E-state index contributed by atoms with van der Waals surface area (Å²) in [6.45, 7) is 7.92. The SMILES string of the molecule is CCNC(COC1CCC1)c1ccc(OC(C)C)cc1. The minimum atomic E-state index is 0.215. The van der Waals surface area contributed by atoms with Crippen LogP contribution in [0.2, 0.25) is 0 Å². The molecule has 2 rings (SSSR count). The average Bonchev–Trinajstić information content (AvgIpc) is 2.36. The minimum Gasteiger partial charge on any atom is -0.491 e. The van der Waals surface area contributed by atoms with Gasteiger partial charge in [0.25, 0.3) is 0 Å². The van der Waals surface area contributed by atoms with Gasteiger partial charge in [-0.1, -0.05) is 19.1 Å². The summed E-state index contributed by atoms with van der Waals surface area (Å²) in [5.41, 5.74) is 1.27. The van der Waals surface area contributed by atoms with Gasteiger partial charge < -0.3 is 14.8 Å². The van der Waals surface area contributed by atoms with Crippen molar-refractivity contribution in [2.24, 2.45) is 0 Å². The van der Waals surface area contributed by atoms with Crippen LogP contribution in [0.4, 0.5) is 0 Å². The summed E-state index contributed by atoms with van der Waals surface area (Å²) in [7, 11) is 0. The molecule has 0 heterocycles. The number of hydrogen-bond acceptors (Lipinski definition) is 3. The molecular formula is C17H27NO2. The van der Waals surface area contributed by atoms with E-state index < -0.39 is 0 Å². The van der Waals surface area contributed by atoms with Crippen molar-refractivity contribution >= 4 is 0 Å². The predicted molar refractivity (Wildman–Crippen MR) is 82.2 cm³/mol. The quantitative estimate of drug-likeness (QED) is 0.786. The highest BCUT2D eigenvalue weighted by Gasteiger charge is 2.20. The molecule has 1 saturated carbocycles. The van der Waals surface area contributed by atoms with Gasteiger partial charge in [-0.25, -0.2) is 0 Å². The molecule has 1 aromatic rings. The van der Waals surface area contributed by atoms with Crippen molar-refractivity contribution < 1.29 is 9.47 Å². The van der Waals surface area contributed by atoms with Crippen LogP contribution in [0.5, 0.6) is 5.75 Å². The lowest BCUT2D eigenvalue weighted by atomic mass is 9.96. The van der Waals surface area contributed by atoms with Crippen molar-refractivity contribution in [3.05, 3.63) is 29.8 Å². The van der Waals surface area contributed by atoms with Crippen LogP contribution in [0.3, 0.4) is 0 Å². The zero-order valence-corrected chi connectivity index (χ0v) is 12.9. The lowest BCUT2D eigenvalue weighted by Gasteiger charge is -2.28. The Morgan fingerprint density at radius 2 is 1.90 bits per heavy atom. The van der Waals surface area contributed by atoms with Crippen LogP contribution >= 0.6 is 0 Å². The molecule has 3 nitrogen and oxygen atoms in total. The van der Waals surface area contributed by atoms with Crippen LogP contribution in [0.25, 0.3) is 0 Å². The molecule has 0 radical (unpaired) electrons. The van der Waals surface area contributed by atoms with E-state index in [0.29, 0.717) is 6.10 Å². The second-order valence-electron chi connectivity index (χ2n) is 5.73. The Balaban J connectivity index is 1.92. The number of likely N-dealkylation sites (N-methyl/N-ethyl adjacent to an activating group) is 1. The Bertz CT molecular complexity index is 384. The summed E-state index contributed by atoms with van der Waals surface area (Å²) >= 11 is 0. The highest BCUT2D eigenvalue weighted by molar-refractivity contribution is 5.29. The van der Waals surface area contributed by atoms with Gasteiger partial charge in [-0.05, 0) is 57.4 Å². The van der Waals surface area contributed by atoms with Crippen molar-refractivity contribution in [1.82, 2.24) is 5.32 Å². The fraction of sp³-hybridized carbons (Fsp3) is 0.647. The Hall–Kier alpha value is -1.06. The first-order chi connectivity index (χ1) is 9.69. The molecule has 0 aromatic heterocycles. The molecule has 112 valence electrons. The van der Waals surface area contributed by atoms with Gasteiger partial charge in [0.1, 0.15) is 5.75 Å². The fourth-order valence-corrected chi connectivity index (χ4v) is 2.34. The minimum absolute atomic E-state index is 0.215. The van der Waals surface area contributed by atoms with Crippen molar-refractivity contribution in [2.75, 3.05) is 13.2 Å². The summed E-state index contributed by atoms with van der Waals surface area (Å²) in [5.74, 6) is 0.930. The Morgan fingerprint density at radius 1 is 1.20 bits per heavy atom. The Kier molecular flexibility index (Phi) is 5.86. The number of ether oxygens (including phenoxy) is 2. The normalized spacial score (nSPS) is 17.0. The van der Waals surface area contributed by atoms with E-state index in [9.17, 15) is 0 Å². The summed E-state index contributed by atoms with van der Waals surface area (Å²) in [6.07, 6.45) is 4.46. The maximum atomic E-state index is 5.95. The number of benzene rings is 1. The number of hydrogen-bond donors (Lipinski definition) is 1. The van der Waals surface area contributed by atoms with Gasteiger partial charge in [0.2, 0.25) is 0 Å². The van der Waals surface area contributed by atoms with Crippen LogP contribution in [-0.2, 0) is 4.74 Å². The molecule has 0 bridgehead atoms. The van der Waals surface area contributed by atoms with Crippen LogP contribution < -0.4 is 10.1 Å². The van der Waals surface area contributed by atoms with Crippen LogP contribution in [0.1, 0.15) is 51.6 Å². The second-order valence-corrected chi connectivity index (χ2v) is 5.73. The smallest absolute Gasteiger partial charge is 0.119 e. The van der Waals surface area contributed by atoms with Crippen molar-refractivity contribution in [1.29, 1.82) is 0 Å².